The van der Waals surface area contributed by atoms with E-state index in [0.29, 0.717) is 23.4 Å². The Hall–Kier alpha value is -1.57. The fourth-order valence-corrected chi connectivity index (χ4v) is 3.34. The van der Waals surface area contributed by atoms with Crippen LogP contribution in [0.3, 0.4) is 0 Å². The zero-order valence-corrected chi connectivity index (χ0v) is 12.7. The number of benzene rings is 2. The molecule has 0 spiro atoms. The zero-order chi connectivity index (χ0) is 15.0. The van der Waals surface area contributed by atoms with Crippen LogP contribution in [0.2, 0.25) is 0 Å². The van der Waals surface area contributed by atoms with E-state index in [1.807, 2.05) is 0 Å². The van der Waals surface area contributed by atoms with Crippen LogP contribution in [0.25, 0.3) is 11.1 Å². The van der Waals surface area contributed by atoms with Crippen LogP contribution in [-0.2, 0) is 16.4 Å². The molecule has 1 aliphatic heterocycles. The summed E-state index contributed by atoms with van der Waals surface area (Å²) in [5.41, 5.74) is 2.05. The molecule has 0 aromatic heterocycles. The van der Waals surface area contributed by atoms with Gasteiger partial charge in [0.15, 0.2) is 15.6 Å². The molecule has 0 radical (unpaired) electrons. The number of nitrogens with one attached hydrogen (secondary N) is 1. The highest BCUT2D eigenvalue weighted by molar-refractivity contribution is 7.93. The van der Waals surface area contributed by atoms with Crippen LogP contribution in [0.4, 0.5) is 4.39 Å². The lowest BCUT2D eigenvalue weighted by Crippen LogP contribution is -2.13. The van der Waals surface area contributed by atoms with Crippen molar-refractivity contribution < 1.29 is 17.0 Å². The van der Waals surface area contributed by atoms with Gasteiger partial charge in [0.1, 0.15) is 18.0 Å². The van der Waals surface area contributed by atoms with Crippen molar-refractivity contribution >= 4 is 22.1 Å². The molecule has 0 amide bonds. The van der Waals surface area contributed by atoms with Crippen molar-refractivity contribution in [3.05, 3.63) is 47.8 Å². The topological polar surface area (TPSA) is 55.4 Å². The van der Waals surface area contributed by atoms with E-state index in [-0.39, 0.29) is 10.7 Å². The van der Waals surface area contributed by atoms with E-state index in [1.54, 1.807) is 12.1 Å². The predicted molar refractivity (Wildman–Crippen MR) is 80.0 cm³/mol. The highest BCUT2D eigenvalue weighted by Crippen LogP contribution is 2.38. The molecular weight excluding hydrogens is 313 g/mol. The standard InChI is InChI=1S/C14H12FNO3S2/c1-21(17,18)12-4-2-9(3-5-12)13-7-11(15)6-10-8-16-20-19-14(10)13/h2-7,16H,8H2,1H3. The largest absolute Gasteiger partial charge is 0.409 e. The molecular formula is C14H12FNO3S2. The minimum Gasteiger partial charge on any atom is -0.409 e. The van der Waals surface area contributed by atoms with Crippen molar-refractivity contribution in [3.8, 4) is 16.9 Å². The Morgan fingerprint density at radius 1 is 1.24 bits per heavy atom. The molecule has 1 aliphatic rings. The van der Waals surface area contributed by atoms with E-state index in [0.717, 1.165) is 24.0 Å². The molecule has 0 saturated carbocycles. The third-order valence-electron chi connectivity index (χ3n) is 3.17. The average Bonchev–Trinajstić information content (AvgIpc) is 2.45. The molecule has 3 rings (SSSR count). The van der Waals surface area contributed by atoms with Crippen LogP contribution in [-0.4, -0.2) is 14.7 Å². The minimum atomic E-state index is -3.25. The number of rotatable bonds is 2. The second kappa shape index (κ2) is 5.32. The van der Waals surface area contributed by atoms with Crippen LogP contribution in [0.1, 0.15) is 5.56 Å². The van der Waals surface area contributed by atoms with Gasteiger partial charge in [-0.2, -0.15) is 0 Å². The lowest BCUT2D eigenvalue weighted by Gasteiger charge is -2.19. The first-order valence-corrected chi connectivity index (χ1v) is 8.78. The number of hydrogen-bond acceptors (Lipinski definition) is 5. The zero-order valence-electron chi connectivity index (χ0n) is 11.1. The van der Waals surface area contributed by atoms with Crippen molar-refractivity contribution in [2.24, 2.45) is 0 Å². The monoisotopic (exact) mass is 325 g/mol. The molecule has 7 heteroatoms. The van der Waals surface area contributed by atoms with Crippen LogP contribution in [0.5, 0.6) is 5.75 Å². The summed E-state index contributed by atoms with van der Waals surface area (Å²) in [7, 11) is -3.25. The van der Waals surface area contributed by atoms with Gasteiger partial charge in [-0.05, 0) is 29.8 Å². The molecule has 1 heterocycles. The van der Waals surface area contributed by atoms with Crippen molar-refractivity contribution in [1.29, 1.82) is 0 Å². The van der Waals surface area contributed by atoms with Crippen molar-refractivity contribution in [2.75, 3.05) is 6.26 Å². The molecule has 1 N–H and O–H groups in total. The molecule has 0 bridgehead atoms. The predicted octanol–water partition coefficient (Wildman–Crippen LogP) is 2.94. The second-order valence-corrected chi connectivity index (χ2v) is 7.36. The van der Waals surface area contributed by atoms with Crippen LogP contribution in [0, 0.1) is 5.82 Å². The van der Waals surface area contributed by atoms with Gasteiger partial charge in [-0.3, -0.25) is 0 Å². The smallest absolute Gasteiger partial charge is 0.175 e. The van der Waals surface area contributed by atoms with Crippen molar-refractivity contribution in [1.82, 2.24) is 4.72 Å². The van der Waals surface area contributed by atoms with E-state index >= 15 is 0 Å². The molecule has 0 unspecified atom stereocenters. The minimum absolute atomic E-state index is 0.230. The van der Waals surface area contributed by atoms with Gasteiger partial charge in [0.2, 0.25) is 0 Å². The summed E-state index contributed by atoms with van der Waals surface area (Å²) in [4.78, 5) is 0.230. The van der Waals surface area contributed by atoms with Crippen molar-refractivity contribution in [2.45, 2.75) is 11.4 Å². The molecule has 2 aromatic rings. The Labute approximate surface area is 126 Å². The maximum absolute atomic E-state index is 13.7. The Balaban J connectivity index is 2.10. The summed E-state index contributed by atoms with van der Waals surface area (Å²) in [6.45, 7) is 0.506. The molecule has 21 heavy (non-hydrogen) atoms. The third-order valence-corrected chi connectivity index (χ3v) is 4.81. The quantitative estimate of drug-likeness (QED) is 0.679. The molecule has 0 saturated heterocycles. The first kappa shape index (κ1) is 14.4. The van der Waals surface area contributed by atoms with Crippen LogP contribution >= 0.6 is 12.2 Å². The maximum Gasteiger partial charge on any atom is 0.175 e. The third kappa shape index (κ3) is 2.90. The Morgan fingerprint density at radius 3 is 2.62 bits per heavy atom. The highest BCUT2D eigenvalue weighted by atomic mass is 32.2. The van der Waals surface area contributed by atoms with E-state index in [2.05, 4.69) is 4.72 Å². The van der Waals surface area contributed by atoms with E-state index in [9.17, 15) is 12.8 Å². The Kier molecular flexibility index (Phi) is 3.64. The maximum atomic E-state index is 13.7. The summed E-state index contributed by atoms with van der Waals surface area (Å²) < 4.78 is 45.1. The van der Waals surface area contributed by atoms with Crippen molar-refractivity contribution in [3.63, 3.8) is 0 Å². The Morgan fingerprint density at radius 2 is 1.95 bits per heavy atom. The van der Waals surface area contributed by atoms with Gasteiger partial charge in [-0.15, -0.1) is 0 Å². The first-order valence-electron chi connectivity index (χ1n) is 6.14. The number of sulfone groups is 1. The summed E-state index contributed by atoms with van der Waals surface area (Å²) in [6, 6.07) is 9.14. The molecule has 110 valence electrons. The lowest BCUT2D eigenvalue weighted by molar-refractivity contribution is 0.583. The molecule has 0 atom stereocenters. The fourth-order valence-electron chi connectivity index (χ4n) is 2.15. The van der Waals surface area contributed by atoms with Gasteiger partial charge in [-0.1, -0.05) is 12.1 Å². The Bertz CT molecular complexity index is 789. The van der Waals surface area contributed by atoms with Gasteiger partial charge in [0, 0.05) is 23.9 Å². The van der Waals surface area contributed by atoms with Crippen LogP contribution in [0.15, 0.2) is 41.3 Å². The van der Waals surface area contributed by atoms with Gasteiger partial charge >= 0.3 is 0 Å². The van der Waals surface area contributed by atoms with Crippen LogP contribution < -0.4 is 8.91 Å². The van der Waals surface area contributed by atoms with E-state index in [1.165, 1.54) is 24.3 Å². The number of hydrogen-bond donors (Lipinski definition) is 1. The first-order chi connectivity index (χ1) is 9.95. The lowest BCUT2D eigenvalue weighted by atomic mass is 10.0. The number of halogens is 1. The second-order valence-electron chi connectivity index (χ2n) is 4.73. The van der Waals surface area contributed by atoms with Gasteiger partial charge in [0.25, 0.3) is 0 Å². The molecule has 0 aliphatic carbocycles. The molecule has 4 nitrogen and oxygen atoms in total. The SMILES string of the molecule is CS(=O)(=O)c1ccc(-c2cc(F)cc3c2OSNC3)cc1. The van der Waals surface area contributed by atoms with E-state index in [4.69, 9.17) is 4.18 Å². The molecule has 2 aromatic carbocycles. The highest BCUT2D eigenvalue weighted by Gasteiger charge is 2.19. The summed E-state index contributed by atoms with van der Waals surface area (Å²) in [6.07, 6.45) is 1.15. The van der Waals surface area contributed by atoms with Gasteiger partial charge in [0.05, 0.1) is 4.90 Å². The summed E-state index contributed by atoms with van der Waals surface area (Å²) >= 11 is 1.09. The average molecular weight is 325 g/mol. The van der Waals surface area contributed by atoms with Gasteiger partial charge in [-0.25, -0.2) is 17.5 Å². The van der Waals surface area contributed by atoms with Gasteiger partial charge < -0.3 is 4.18 Å². The number of fused-ring (bicyclic) bond motifs is 1. The fraction of sp³-hybridized carbons (Fsp3) is 0.143. The molecule has 0 fully saturated rings. The summed E-state index contributed by atoms with van der Waals surface area (Å²) in [5.74, 6) is 0.250. The van der Waals surface area contributed by atoms with E-state index < -0.39 is 9.84 Å². The summed E-state index contributed by atoms with van der Waals surface area (Å²) in [5, 5.41) is 0. The normalized spacial score (nSPS) is 14.4.